The molecule has 2 amide bonds. The molecule has 0 saturated heterocycles. The van der Waals surface area contributed by atoms with Crippen LogP contribution in [0.15, 0.2) is 0 Å². The molecule has 0 spiro atoms. The standard InChI is InChI=1S/C11H20N2O3/c1-7(14)6-13-11(16)9-5-3-2-4-8(9)10(12)15/h7-9,14H,2-6H2,1H3,(H2,12,15)(H,13,16). The first-order valence-corrected chi connectivity index (χ1v) is 5.77. The molecule has 5 nitrogen and oxygen atoms in total. The third kappa shape index (κ3) is 3.48. The van der Waals surface area contributed by atoms with Crippen LogP contribution in [0.3, 0.4) is 0 Å². The summed E-state index contributed by atoms with van der Waals surface area (Å²) in [4.78, 5) is 23.0. The number of nitrogens with two attached hydrogens (primary N) is 1. The molecule has 92 valence electrons. The highest BCUT2D eigenvalue weighted by molar-refractivity contribution is 5.87. The Kier molecular flexibility index (Phi) is 4.73. The van der Waals surface area contributed by atoms with Crippen LogP contribution in [0.2, 0.25) is 0 Å². The number of carbonyl (C=O) groups excluding carboxylic acids is 2. The Balaban J connectivity index is 2.54. The quantitative estimate of drug-likeness (QED) is 0.621. The van der Waals surface area contributed by atoms with Crippen LogP contribution in [-0.2, 0) is 9.59 Å². The minimum atomic E-state index is -0.570. The monoisotopic (exact) mass is 228 g/mol. The highest BCUT2D eigenvalue weighted by Gasteiger charge is 2.34. The highest BCUT2D eigenvalue weighted by atomic mass is 16.3. The van der Waals surface area contributed by atoms with Gasteiger partial charge in [0, 0.05) is 18.4 Å². The van der Waals surface area contributed by atoms with Gasteiger partial charge in [-0.2, -0.15) is 0 Å². The number of primary amides is 1. The molecule has 0 heterocycles. The molecule has 5 heteroatoms. The zero-order valence-corrected chi connectivity index (χ0v) is 9.61. The van der Waals surface area contributed by atoms with Gasteiger partial charge in [0.15, 0.2) is 0 Å². The normalized spacial score (nSPS) is 27.1. The first kappa shape index (κ1) is 13.0. The average molecular weight is 228 g/mol. The van der Waals surface area contributed by atoms with Crippen LogP contribution in [0.4, 0.5) is 0 Å². The fourth-order valence-electron chi connectivity index (χ4n) is 2.16. The molecule has 0 aromatic carbocycles. The Labute approximate surface area is 95.4 Å². The molecule has 0 aromatic rings. The summed E-state index contributed by atoms with van der Waals surface area (Å²) in [5.74, 6) is -1.21. The smallest absolute Gasteiger partial charge is 0.224 e. The lowest BCUT2D eigenvalue weighted by molar-refractivity contribution is -0.135. The molecule has 1 rings (SSSR count). The number of aliphatic hydroxyl groups is 1. The second-order valence-corrected chi connectivity index (χ2v) is 4.49. The van der Waals surface area contributed by atoms with Gasteiger partial charge in [0.2, 0.25) is 11.8 Å². The maximum Gasteiger partial charge on any atom is 0.224 e. The van der Waals surface area contributed by atoms with E-state index in [9.17, 15) is 9.59 Å². The van der Waals surface area contributed by atoms with Crippen molar-refractivity contribution in [1.82, 2.24) is 5.32 Å². The Morgan fingerprint density at radius 3 is 2.44 bits per heavy atom. The molecule has 1 saturated carbocycles. The van der Waals surface area contributed by atoms with Crippen LogP contribution in [0.25, 0.3) is 0 Å². The average Bonchev–Trinajstić information content (AvgIpc) is 2.25. The summed E-state index contributed by atoms with van der Waals surface area (Å²) in [7, 11) is 0. The molecule has 0 aliphatic heterocycles. The molecule has 1 aliphatic rings. The van der Waals surface area contributed by atoms with Gasteiger partial charge in [0.1, 0.15) is 0 Å². The van der Waals surface area contributed by atoms with Gasteiger partial charge in [-0.3, -0.25) is 9.59 Å². The van der Waals surface area contributed by atoms with Crippen molar-refractivity contribution in [3.8, 4) is 0 Å². The molecule has 16 heavy (non-hydrogen) atoms. The fourth-order valence-corrected chi connectivity index (χ4v) is 2.16. The summed E-state index contributed by atoms with van der Waals surface area (Å²) < 4.78 is 0. The molecule has 1 fully saturated rings. The summed E-state index contributed by atoms with van der Waals surface area (Å²) in [5, 5.41) is 11.7. The molecule has 0 bridgehead atoms. The molecular weight excluding hydrogens is 208 g/mol. The number of hydrogen-bond acceptors (Lipinski definition) is 3. The summed E-state index contributed by atoms with van der Waals surface area (Å²) in [6.07, 6.45) is 2.74. The van der Waals surface area contributed by atoms with Gasteiger partial charge in [-0.05, 0) is 19.8 Å². The van der Waals surface area contributed by atoms with Crippen LogP contribution >= 0.6 is 0 Å². The van der Waals surface area contributed by atoms with Gasteiger partial charge < -0.3 is 16.2 Å². The van der Waals surface area contributed by atoms with Gasteiger partial charge in [0.25, 0.3) is 0 Å². The van der Waals surface area contributed by atoms with E-state index in [-0.39, 0.29) is 24.3 Å². The lowest BCUT2D eigenvalue weighted by Gasteiger charge is -2.28. The predicted octanol–water partition coefficient (Wildman–Crippen LogP) is -0.225. The van der Waals surface area contributed by atoms with E-state index < -0.39 is 12.0 Å². The van der Waals surface area contributed by atoms with E-state index in [0.717, 1.165) is 12.8 Å². The first-order valence-electron chi connectivity index (χ1n) is 5.77. The van der Waals surface area contributed by atoms with Crippen molar-refractivity contribution in [2.45, 2.75) is 38.7 Å². The third-order valence-electron chi connectivity index (χ3n) is 3.04. The topological polar surface area (TPSA) is 92.4 Å². The molecule has 1 aliphatic carbocycles. The van der Waals surface area contributed by atoms with E-state index in [2.05, 4.69) is 5.32 Å². The largest absolute Gasteiger partial charge is 0.392 e. The van der Waals surface area contributed by atoms with Crippen LogP contribution in [-0.4, -0.2) is 29.6 Å². The number of hydrogen-bond donors (Lipinski definition) is 3. The zero-order valence-electron chi connectivity index (χ0n) is 9.61. The number of nitrogens with one attached hydrogen (secondary N) is 1. The van der Waals surface area contributed by atoms with E-state index in [1.165, 1.54) is 0 Å². The van der Waals surface area contributed by atoms with Crippen molar-refractivity contribution < 1.29 is 14.7 Å². The van der Waals surface area contributed by atoms with Crippen molar-refractivity contribution in [1.29, 1.82) is 0 Å². The van der Waals surface area contributed by atoms with Crippen LogP contribution in [0.1, 0.15) is 32.6 Å². The second-order valence-electron chi connectivity index (χ2n) is 4.49. The number of carbonyl (C=O) groups is 2. The predicted molar refractivity (Wildman–Crippen MR) is 59.3 cm³/mol. The van der Waals surface area contributed by atoms with E-state index in [4.69, 9.17) is 10.8 Å². The SMILES string of the molecule is CC(O)CNC(=O)C1CCCCC1C(N)=O. The fraction of sp³-hybridized carbons (Fsp3) is 0.818. The molecular formula is C11H20N2O3. The van der Waals surface area contributed by atoms with Crippen LogP contribution < -0.4 is 11.1 Å². The maximum absolute atomic E-state index is 11.8. The molecule has 0 radical (unpaired) electrons. The minimum absolute atomic E-state index is 0.163. The number of aliphatic hydroxyl groups excluding tert-OH is 1. The highest BCUT2D eigenvalue weighted by Crippen LogP contribution is 2.29. The van der Waals surface area contributed by atoms with Crippen molar-refractivity contribution in [2.24, 2.45) is 17.6 Å². The maximum atomic E-state index is 11.8. The molecule has 0 aromatic heterocycles. The lowest BCUT2D eigenvalue weighted by Crippen LogP contribution is -2.43. The van der Waals surface area contributed by atoms with Crippen molar-refractivity contribution in [2.75, 3.05) is 6.54 Å². The first-order chi connectivity index (χ1) is 7.52. The Morgan fingerprint density at radius 2 is 1.94 bits per heavy atom. The summed E-state index contributed by atoms with van der Waals surface area (Å²) in [5.41, 5.74) is 5.28. The lowest BCUT2D eigenvalue weighted by atomic mass is 9.78. The van der Waals surface area contributed by atoms with Gasteiger partial charge in [-0.1, -0.05) is 12.8 Å². The minimum Gasteiger partial charge on any atom is -0.392 e. The zero-order chi connectivity index (χ0) is 12.1. The number of amides is 2. The molecule has 4 N–H and O–H groups in total. The summed E-state index contributed by atoms with van der Waals surface area (Å²) >= 11 is 0. The van der Waals surface area contributed by atoms with Crippen molar-refractivity contribution in [3.05, 3.63) is 0 Å². The van der Waals surface area contributed by atoms with E-state index >= 15 is 0 Å². The Hall–Kier alpha value is -1.10. The second kappa shape index (κ2) is 5.84. The van der Waals surface area contributed by atoms with Gasteiger partial charge >= 0.3 is 0 Å². The molecule has 3 atom stereocenters. The summed E-state index contributed by atoms with van der Waals surface area (Å²) in [6, 6.07) is 0. The Bertz CT molecular complexity index is 266. The van der Waals surface area contributed by atoms with Crippen molar-refractivity contribution in [3.63, 3.8) is 0 Å². The third-order valence-corrected chi connectivity index (χ3v) is 3.04. The van der Waals surface area contributed by atoms with Gasteiger partial charge in [0.05, 0.1) is 6.10 Å². The van der Waals surface area contributed by atoms with E-state index in [1.807, 2.05) is 0 Å². The summed E-state index contributed by atoms with van der Waals surface area (Å²) in [6.45, 7) is 1.83. The van der Waals surface area contributed by atoms with Gasteiger partial charge in [-0.25, -0.2) is 0 Å². The Morgan fingerprint density at radius 1 is 1.38 bits per heavy atom. The molecule has 3 unspecified atom stereocenters. The number of rotatable bonds is 4. The van der Waals surface area contributed by atoms with E-state index in [1.54, 1.807) is 6.92 Å². The van der Waals surface area contributed by atoms with Crippen LogP contribution in [0, 0.1) is 11.8 Å². The van der Waals surface area contributed by atoms with Crippen LogP contribution in [0.5, 0.6) is 0 Å². The van der Waals surface area contributed by atoms with E-state index in [0.29, 0.717) is 12.8 Å². The van der Waals surface area contributed by atoms with Crippen molar-refractivity contribution >= 4 is 11.8 Å². The van der Waals surface area contributed by atoms with Gasteiger partial charge in [-0.15, -0.1) is 0 Å².